The van der Waals surface area contributed by atoms with Crippen LogP contribution >= 0.6 is 0 Å². The summed E-state index contributed by atoms with van der Waals surface area (Å²) in [6.45, 7) is 3.96. The van der Waals surface area contributed by atoms with Crippen LogP contribution in [0.15, 0.2) is 97.2 Å². The molecule has 0 aliphatic rings. The molecule has 5 heteroatoms. The largest absolute Gasteiger partial charge is 0.462 e. The zero-order chi connectivity index (χ0) is 42.1. The van der Waals surface area contributed by atoms with Gasteiger partial charge in [0, 0.05) is 12.8 Å². The molecule has 0 aliphatic carbocycles. The Balaban J connectivity index is 3.59. The second-order valence-electron chi connectivity index (χ2n) is 15.4. The second-order valence-corrected chi connectivity index (χ2v) is 15.4. The van der Waals surface area contributed by atoms with Crippen molar-refractivity contribution in [1.82, 2.24) is 0 Å². The van der Waals surface area contributed by atoms with Crippen LogP contribution in [0, 0.1) is 0 Å². The van der Waals surface area contributed by atoms with Gasteiger partial charge in [-0.3, -0.25) is 9.59 Å². The number of unbranched alkanes of at least 4 members (excludes halogenated alkanes) is 18. The molecule has 330 valence electrons. The molecule has 0 amide bonds. The van der Waals surface area contributed by atoms with E-state index >= 15 is 0 Å². The third kappa shape index (κ3) is 45.5. The Bertz CT molecular complexity index is 1140. The molecule has 0 saturated heterocycles. The van der Waals surface area contributed by atoms with Gasteiger partial charge in [-0.1, -0.05) is 201 Å². The van der Waals surface area contributed by atoms with Crippen LogP contribution in [-0.4, -0.2) is 36.4 Å². The summed E-state index contributed by atoms with van der Waals surface area (Å²) in [7, 11) is 0. The molecule has 1 N–H and O–H groups in total. The predicted octanol–water partition coefficient (Wildman–Crippen LogP) is 15.6. The lowest BCUT2D eigenvalue weighted by Gasteiger charge is -2.15. The predicted molar refractivity (Wildman–Crippen MR) is 251 cm³/mol. The SMILES string of the molecule is CC/C=C\C/C=C\C/C=C\C/C=C\C/C=C\CCCC(=O)OC(CO)COC(=O)CCCCCCCCCCCCCC/C=C\C/C=C\C/C=C\CCCCCCC. The summed E-state index contributed by atoms with van der Waals surface area (Å²) in [6.07, 6.45) is 67.8. The topological polar surface area (TPSA) is 72.8 Å². The standard InChI is InChI=1S/C53H88O5/c1-3-5-7-9-11-13-15-17-19-21-22-23-24-25-26-27-28-29-30-32-33-35-37-39-41-43-45-47-52(55)57-50-51(49-54)58-53(56)48-46-44-42-40-38-36-34-31-20-18-16-14-12-10-8-6-4-2/h6,8,12,14-15,17-18,20-22,24-25,34,36,40,42,51,54H,3-5,7,9-11,13,16,19,23,26-33,35,37-39,41,43-50H2,1-2H3/b8-6-,14-12-,17-15-,20-18-,22-21-,25-24-,36-34-,42-40-. The maximum Gasteiger partial charge on any atom is 0.306 e. The quantitative estimate of drug-likeness (QED) is 0.0378. The Morgan fingerprint density at radius 1 is 0.414 bits per heavy atom. The van der Waals surface area contributed by atoms with Crippen molar-refractivity contribution in [1.29, 1.82) is 0 Å². The highest BCUT2D eigenvalue weighted by atomic mass is 16.6. The van der Waals surface area contributed by atoms with Crippen molar-refractivity contribution in [2.24, 2.45) is 0 Å². The van der Waals surface area contributed by atoms with Crippen LogP contribution in [0.5, 0.6) is 0 Å². The zero-order valence-electron chi connectivity index (χ0n) is 37.5. The minimum Gasteiger partial charge on any atom is -0.462 e. The summed E-state index contributed by atoms with van der Waals surface area (Å²) in [5, 5.41) is 9.59. The number of esters is 2. The minimum atomic E-state index is -0.808. The fraction of sp³-hybridized carbons (Fsp3) is 0.660. The monoisotopic (exact) mass is 805 g/mol. The Labute approximate surface area is 358 Å². The van der Waals surface area contributed by atoms with Crippen molar-refractivity contribution in [2.45, 2.75) is 213 Å². The summed E-state index contributed by atoms with van der Waals surface area (Å²) < 4.78 is 10.6. The normalized spacial score (nSPS) is 13.1. The number of aliphatic hydroxyl groups is 1. The minimum absolute atomic E-state index is 0.0947. The van der Waals surface area contributed by atoms with E-state index in [-0.39, 0.29) is 31.6 Å². The number of aliphatic hydroxyl groups excluding tert-OH is 1. The molecule has 58 heavy (non-hydrogen) atoms. The maximum absolute atomic E-state index is 12.2. The molecule has 0 aromatic heterocycles. The third-order valence-electron chi connectivity index (χ3n) is 9.86. The Morgan fingerprint density at radius 2 is 0.759 bits per heavy atom. The van der Waals surface area contributed by atoms with E-state index in [9.17, 15) is 14.7 Å². The highest BCUT2D eigenvalue weighted by Gasteiger charge is 2.16. The van der Waals surface area contributed by atoms with Crippen molar-refractivity contribution in [2.75, 3.05) is 13.2 Å². The van der Waals surface area contributed by atoms with Gasteiger partial charge in [0.15, 0.2) is 6.10 Å². The maximum atomic E-state index is 12.2. The molecule has 0 fully saturated rings. The van der Waals surface area contributed by atoms with Gasteiger partial charge < -0.3 is 14.6 Å². The molecule has 1 unspecified atom stereocenters. The van der Waals surface area contributed by atoms with E-state index in [1.807, 2.05) is 0 Å². The van der Waals surface area contributed by atoms with Crippen LogP contribution < -0.4 is 0 Å². The van der Waals surface area contributed by atoms with Gasteiger partial charge in [0.1, 0.15) is 6.61 Å². The zero-order valence-corrected chi connectivity index (χ0v) is 37.5. The Kier molecular flexibility index (Phi) is 45.5. The number of ether oxygens (including phenoxy) is 2. The van der Waals surface area contributed by atoms with Crippen LogP contribution in [0.2, 0.25) is 0 Å². The van der Waals surface area contributed by atoms with Gasteiger partial charge in [0.25, 0.3) is 0 Å². The van der Waals surface area contributed by atoms with E-state index in [2.05, 4.69) is 111 Å². The van der Waals surface area contributed by atoms with Crippen molar-refractivity contribution in [3.05, 3.63) is 97.2 Å². The Morgan fingerprint density at radius 3 is 1.17 bits per heavy atom. The van der Waals surface area contributed by atoms with E-state index in [0.717, 1.165) is 70.6 Å². The Hall–Kier alpha value is -3.18. The molecule has 0 aromatic carbocycles. The van der Waals surface area contributed by atoms with Crippen molar-refractivity contribution < 1.29 is 24.2 Å². The van der Waals surface area contributed by atoms with E-state index in [0.29, 0.717) is 12.8 Å². The van der Waals surface area contributed by atoms with E-state index in [1.54, 1.807) is 0 Å². The van der Waals surface area contributed by atoms with Gasteiger partial charge in [-0.15, -0.1) is 0 Å². The average molecular weight is 805 g/mol. The summed E-state index contributed by atoms with van der Waals surface area (Å²) >= 11 is 0. The van der Waals surface area contributed by atoms with Gasteiger partial charge >= 0.3 is 11.9 Å². The van der Waals surface area contributed by atoms with Crippen molar-refractivity contribution in [3.63, 3.8) is 0 Å². The van der Waals surface area contributed by atoms with Crippen LogP contribution in [0.4, 0.5) is 0 Å². The highest BCUT2D eigenvalue weighted by Crippen LogP contribution is 2.14. The van der Waals surface area contributed by atoms with Gasteiger partial charge in [-0.05, 0) is 89.9 Å². The van der Waals surface area contributed by atoms with Gasteiger partial charge in [0.2, 0.25) is 0 Å². The fourth-order valence-corrected chi connectivity index (χ4v) is 6.30. The summed E-state index contributed by atoms with van der Waals surface area (Å²) in [6, 6.07) is 0. The summed E-state index contributed by atoms with van der Waals surface area (Å²) in [5.41, 5.74) is 0. The van der Waals surface area contributed by atoms with Crippen LogP contribution in [0.3, 0.4) is 0 Å². The lowest BCUT2D eigenvalue weighted by molar-refractivity contribution is -0.161. The van der Waals surface area contributed by atoms with E-state index < -0.39 is 6.10 Å². The molecule has 0 radical (unpaired) electrons. The average Bonchev–Trinajstić information content (AvgIpc) is 3.23. The number of allylic oxidation sites excluding steroid dienone is 16. The van der Waals surface area contributed by atoms with Gasteiger partial charge in [-0.25, -0.2) is 0 Å². The van der Waals surface area contributed by atoms with Gasteiger partial charge in [-0.2, -0.15) is 0 Å². The third-order valence-corrected chi connectivity index (χ3v) is 9.86. The van der Waals surface area contributed by atoms with E-state index in [4.69, 9.17) is 9.47 Å². The van der Waals surface area contributed by atoms with Crippen LogP contribution in [-0.2, 0) is 19.1 Å². The number of carbonyl (C=O) groups excluding carboxylic acids is 2. The molecule has 0 saturated carbocycles. The summed E-state index contributed by atoms with van der Waals surface area (Å²) in [5.74, 6) is -0.666. The first-order valence-electron chi connectivity index (χ1n) is 23.8. The molecule has 0 aliphatic heterocycles. The van der Waals surface area contributed by atoms with Crippen molar-refractivity contribution in [3.8, 4) is 0 Å². The number of hydrogen-bond acceptors (Lipinski definition) is 5. The molecule has 0 spiro atoms. The first kappa shape index (κ1) is 54.8. The number of rotatable bonds is 42. The second kappa shape index (κ2) is 48.2. The van der Waals surface area contributed by atoms with Crippen LogP contribution in [0.25, 0.3) is 0 Å². The number of hydrogen-bond donors (Lipinski definition) is 1. The molecule has 1 atom stereocenters. The molecule has 0 bridgehead atoms. The first-order chi connectivity index (χ1) is 28.6. The van der Waals surface area contributed by atoms with Crippen molar-refractivity contribution >= 4 is 11.9 Å². The van der Waals surface area contributed by atoms with E-state index in [1.165, 1.54) is 103 Å². The molecule has 0 rings (SSSR count). The first-order valence-corrected chi connectivity index (χ1v) is 23.8. The molecule has 0 aromatic rings. The lowest BCUT2D eigenvalue weighted by atomic mass is 10.0. The van der Waals surface area contributed by atoms with Crippen LogP contribution in [0.1, 0.15) is 206 Å². The molecular weight excluding hydrogens is 717 g/mol. The summed E-state index contributed by atoms with van der Waals surface area (Å²) in [4.78, 5) is 24.4. The number of carbonyl (C=O) groups is 2. The fourth-order valence-electron chi connectivity index (χ4n) is 6.30. The molecule has 0 heterocycles. The highest BCUT2D eigenvalue weighted by molar-refractivity contribution is 5.70. The molecular formula is C53H88O5. The smallest absolute Gasteiger partial charge is 0.306 e. The molecule has 5 nitrogen and oxygen atoms in total. The lowest BCUT2D eigenvalue weighted by Crippen LogP contribution is -2.28. The van der Waals surface area contributed by atoms with Gasteiger partial charge in [0.05, 0.1) is 6.61 Å².